The van der Waals surface area contributed by atoms with Gasteiger partial charge in [0.15, 0.2) is 0 Å². The van der Waals surface area contributed by atoms with Crippen LogP contribution in [0.15, 0.2) is 86.7 Å². The van der Waals surface area contributed by atoms with Gasteiger partial charge < -0.3 is 10.1 Å². The zero-order valence-corrected chi connectivity index (χ0v) is 13.4. The van der Waals surface area contributed by atoms with E-state index in [-0.39, 0.29) is 6.61 Å². The quantitative estimate of drug-likeness (QED) is 0.875. The third kappa shape index (κ3) is 3.62. The molecule has 25 heavy (non-hydrogen) atoms. The summed E-state index contributed by atoms with van der Waals surface area (Å²) in [6, 6.07) is 3.99. The van der Waals surface area contributed by atoms with E-state index in [9.17, 15) is 0 Å². The summed E-state index contributed by atoms with van der Waals surface area (Å²) in [5.74, 6) is 0. The van der Waals surface area contributed by atoms with E-state index < -0.39 is 0 Å². The van der Waals surface area contributed by atoms with Crippen LogP contribution in [0.5, 0.6) is 0 Å². The average Bonchev–Trinajstić information content (AvgIpc) is 3.38. The predicted octanol–water partition coefficient (Wildman–Crippen LogP) is 3.23. The number of hydrogen-bond acceptors (Lipinski definition) is 4. The first-order valence-electron chi connectivity index (χ1n) is 7.97. The van der Waals surface area contributed by atoms with E-state index in [4.69, 9.17) is 5.11 Å². The molecule has 0 saturated carbocycles. The lowest BCUT2D eigenvalue weighted by Gasteiger charge is -1.92. The minimum atomic E-state index is -0.0418. The fourth-order valence-corrected chi connectivity index (χ4v) is 2.61. The molecule has 4 heterocycles. The molecular formula is C20H16N4O. The summed E-state index contributed by atoms with van der Waals surface area (Å²) in [6.45, 7) is -0.0418. The lowest BCUT2D eigenvalue weighted by molar-refractivity contribution is 0.358. The maximum atomic E-state index is 9.07. The van der Waals surface area contributed by atoms with Gasteiger partial charge in [0.2, 0.25) is 0 Å². The van der Waals surface area contributed by atoms with Crippen LogP contribution in [-0.2, 0) is 0 Å². The third-order valence-corrected chi connectivity index (χ3v) is 3.77. The number of rotatable bonds is 4. The molecule has 0 saturated heterocycles. The highest BCUT2D eigenvalue weighted by molar-refractivity contribution is 6.08. The van der Waals surface area contributed by atoms with Crippen LogP contribution >= 0.6 is 0 Å². The highest BCUT2D eigenvalue weighted by atomic mass is 16.3. The van der Waals surface area contributed by atoms with Gasteiger partial charge in [0, 0.05) is 17.6 Å². The maximum absolute atomic E-state index is 9.07. The molecule has 122 valence electrons. The predicted molar refractivity (Wildman–Crippen MR) is 103 cm³/mol. The van der Waals surface area contributed by atoms with Gasteiger partial charge >= 0.3 is 0 Å². The Bertz CT molecular complexity index is 961. The SMILES string of the molecule is OCC1=NC(=Cc2ccc(C=C3C=CC(C=C4C=CC=N4)=N3)[nH]2)C=C1. The molecule has 0 atom stereocenters. The second-order valence-corrected chi connectivity index (χ2v) is 5.68. The number of hydrogen-bond donors (Lipinski definition) is 2. The third-order valence-electron chi connectivity index (χ3n) is 3.77. The van der Waals surface area contributed by atoms with Crippen LogP contribution in [0.4, 0.5) is 0 Å². The Balaban J connectivity index is 1.49. The number of allylic oxidation sites excluding steroid dienone is 6. The topological polar surface area (TPSA) is 73.1 Å². The zero-order chi connectivity index (χ0) is 17.1. The monoisotopic (exact) mass is 328 g/mol. The molecule has 4 rings (SSSR count). The summed E-state index contributed by atoms with van der Waals surface area (Å²) >= 11 is 0. The normalized spacial score (nSPS) is 22.8. The molecule has 0 aliphatic carbocycles. The Morgan fingerprint density at radius 1 is 0.840 bits per heavy atom. The van der Waals surface area contributed by atoms with E-state index in [1.54, 1.807) is 6.21 Å². The van der Waals surface area contributed by atoms with Gasteiger partial charge in [-0.25, -0.2) is 4.99 Å². The van der Waals surface area contributed by atoms with Crippen molar-refractivity contribution in [1.29, 1.82) is 0 Å². The summed E-state index contributed by atoms with van der Waals surface area (Å²) in [4.78, 5) is 16.4. The number of nitrogens with one attached hydrogen (secondary N) is 1. The molecule has 0 amide bonds. The van der Waals surface area contributed by atoms with E-state index >= 15 is 0 Å². The van der Waals surface area contributed by atoms with Crippen molar-refractivity contribution in [2.24, 2.45) is 15.0 Å². The van der Waals surface area contributed by atoms with Gasteiger partial charge in [0.25, 0.3) is 0 Å². The number of aliphatic hydroxyl groups is 1. The van der Waals surface area contributed by atoms with Gasteiger partial charge in [-0.3, -0.25) is 9.98 Å². The van der Waals surface area contributed by atoms with Gasteiger partial charge in [-0.05, 0) is 66.8 Å². The molecule has 5 nitrogen and oxygen atoms in total. The van der Waals surface area contributed by atoms with Gasteiger partial charge in [-0.15, -0.1) is 0 Å². The number of H-pyrrole nitrogens is 1. The molecule has 3 aliphatic rings. The van der Waals surface area contributed by atoms with Crippen LogP contribution in [0.3, 0.4) is 0 Å². The number of nitrogens with zero attached hydrogens (tertiary/aromatic N) is 3. The summed E-state index contributed by atoms with van der Waals surface area (Å²) in [5.41, 5.74) is 6.10. The fourth-order valence-electron chi connectivity index (χ4n) is 2.61. The highest BCUT2D eigenvalue weighted by Crippen LogP contribution is 2.18. The molecular weight excluding hydrogens is 312 g/mol. The van der Waals surface area contributed by atoms with Gasteiger partial charge in [-0.1, -0.05) is 0 Å². The van der Waals surface area contributed by atoms with Crippen molar-refractivity contribution < 1.29 is 5.11 Å². The van der Waals surface area contributed by atoms with Crippen LogP contribution in [0.25, 0.3) is 12.2 Å². The van der Waals surface area contributed by atoms with Crippen LogP contribution in [0.2, 0.25) is 0 Å². The molecule has 0 spiro atoms. The average molecular weight is 328 g/mol. The highest BCUT2D eigenvalue weighted by Gasteiger charge is 2.06. The van der Waals surface area contributed by atoms with E-state index in [2.05, 4.69) is 20.0 Å². The summed E-state index contributed by atoms with van der Waals surface area (Å²) in [5, 5.41) is 9.07. The van der Waals surface area contributed by atoms with Crippen LogP contribution in [0, 0.1) is 0 Å². The molecule has 0 fully saturated rings. The largest absolute Gasteiger partial charge is 0.390 e. The lowest BCUT2D eigenvalue weighted by atomic mass is 10.3. The summed E-state index contributed by atoms with van der Waals surface area (Å²) in [7, 11) is 0. The lowest BCUT2D eigenvalue weighted by Crippen LogP contribution is -1.95. The van der Waals surface area contributed by atoms with Crippen LogP contribution in [0.1, 0.15) is 11.4 Å². The Labute approximate surface area is 145 Å². The van der Waals surface area contributed by atoms with Crippen LogP contribution in [-0.4, -0.2) is 34.3 Å². The molecule has 1 aromatic rings. The van der Waals surface area contributed by atoms with Crippen molar-refractivity contribution in [3.05, 3.63) is 83.1 Å². The van der Waals surface area contributed by atoms with Crippen molar-refractivity contribution in [2.75, 3.05) is 6.61 Å². The zero-order valence-electron chi connectivity index (χ0n) is 13.4. The van der Waals surface area contributed by atoms with Crippen molar-refractivity contribution in [3.8, 4) is 0 Å². The summed E-state index contributed by atoms with van der Waals surface area (Å²) in [6.07, 6.45) is 19.2. The molecule has 3 aliphatic heterocycles. The number of aromatic nitrogens is 1. The first-order chi connectivity index (χ1) is 12.3. The second-order valence-electron chi connectivity index (χ2n) is 5.68. The number of aliphatic hydroxyl groups excluding tert-OH is 1. The van der Waals surface area contributed by atoms with E-state index in [1.165, 1.54) is 0 Å². The van der Waals surface area contributed by atoms with Crippen molar-refractivity contribution >= 4 is 29.8 Å². The Kier molecular flexibility index (Phi) is 4.06. The van der Waals surface area contributed by atoms with Crippen molar-refractivity contribution in [2.45, 2.75) is 0 Å². The molecule has 5 heteroatoms. The Morgan fingerprint density at radius 2 is 1.60 bits per heavy atom. The fraction of sp³-hybridized carbons (Fsp3) is 0.0500. The number of aromatic amines is 1. The first-order valence-corrected chi connectivity index (χ1v) is 7.97. The molecule has 0 aromatic carbocycles. The molecule has 0 radical (unpaired) electrons. The summed E-state index contributed by atoms with van der Waals surface area (Å²) < 4.78 is 0. The first kappa shape index (κ1) is 15.2. The van der Waals surface area contributed by atoms with E-state index in [0.29, 0.717) is 5.71 Å². The Hall–Kier alpha value is -3.31. The standard InChI is InChI=1S/C20H16N4O/c25-13-20-8-7-19(24-20)12-18-6-5-17(23-18)11-16-4-3-15(22-16)10-14-2-1-9-21-14/h1-12,23,25H,13H2. The maximum Gasteiger partial charge on any atom is 0.0853 e. The van der Waals surface area contributed by atoms with E-state index in [1.807, 2.05) is 66.8 Å². The number of aliphatic imine (C=N–C) groups is 3. The molecule has 1 aromatic heterocycles. The van der Waals surface area contributed by atoms with Gasteiger partial charge in [0.1, 0.15) is 0 Å². The van der Waals surface area contributed by atoms with Gasteiger partial charge in [0.05, 0.1) is 35.1 Å². The van der Waals surface area contributed by atoms with Crippen LogP contribution < -0.4 is 0 Å². The molecule has 0 unspecified atom stereocenters. The minimum absolute atomic E-state index is 0.0418. The minimum Gasteiger partial charge on any atom is -0.390 e. The second kappa shape index (κ2) is 6.67. The van der Waals surface area contributed by atoms with Gasteiger partial charge in [-0.2, -0.15) is 0 Å². The molecule has 2 N–H and O–H groups in total. The molecule has 0 bridgehead atoms. The van der Waals surface area contributed by atoms with Crippen molar-refractivity contribution in [3.63, 3.8) is 0 Å². The smallest absolute Gasteiger partial charge is 0.0853 e. The van der Waals surface area contributed by atoms with Crippen molar-refractivity contribution in [1.82, 2.24) is 4.98 Å². The Morgan fingerprint density at radius 3 is 2.28 bits per heavy atom. The van der Waals surface area contributed by atoms with E-state index in [0.717, 1.165) is 34.2 Å².